The number of benzene rings is 1. The Hall–Kier alpha value is -2.46. The van der Waals surface area contributed by atoms with Gasteiger partial charge in [-0.25, -0.2) is 5.43 Å². The molecule has 3 atom stereocenters. The van der Waals surface area contributed by atoms with Gasteiger partial charge in [0.05, 0.1) is 24.4 Å². The fraction of sp³-hybridized carbons (Fsp3) is 0.643. The average Bonchev–Trinajstić information content (AvgIpc) is 3.72. The smallest absolute Gasteiger partial charge is 0.224 e. The summed E-state index contributed by atoms with van der Waals surface area (Å²) >= 11 is 0. The Morgan fingerprint density at radius 1 is 1.14 bits per heavy atom. The molecule has 212 valence electrons. The zero-order valence-electron chi connectivity index (χ0n) is 24.5. The zero-order chi connectivity index (χ0) is 28.5. The molecule has 1 aliphatic carbocycles. The number of hydrazine groups is 1. The van der Waals surface area contributed by atoms with E-state index in [-0.39, 0.29) is 23.9 Å². The first-order chi connectivity index (χ1) is 18.0. The van der Waals surface area contributed by atoms with Gasteiger partial charge in [0.1, 0.15) is 0 Å². The molecule has 37 heavy (non-hydrogen) atoms. The van der Waals surface area contributed by atoms with Crippen molar-refractivity contribution in [1.82, 2.24) is 20.7 Å². The zero-order valence-corrected chi connectivity index (χ0v) is 24.5. The number of nitrogens with two attached hydrogens (primary N) is 1. The van der Waals surface area contributed by atoms with Crippen molar-refractivity contribution in [1.29, 1.82) is 0 Å². The lowest BCUT2D eigenvalue weighted by Gasteiger charge is -2.43. The molecule has 2 fully saturated rings. The van der Waals surface area contributed by atoms with E-state index in [1.807, 2.05) is 89.6 Å². The highest BCUT2D eigenvalue weighted by molar-refractivity contribution is 5.80. The molecule has 4 rings (SSSR count). The van der Waals surface area contributed by atoms with E-state index < -0.39 is 6.23 Å². The summed E-state index contributed by atoms with van der Waals surface area (Å²) in [5.74, 6) is 0.205. The van der Waals surface area contributed by atoms with Crippen LogP contribution in [-0.4, -0.2) is 52.8 Å². The first-order valence-electron chi connectivity index (χ1n) is 14.0. The number of aliphatic hydroxyl groups is 1. The molecule has 3 unspecified atom stereocenters. The van der Waals surface area contributed by atoms with Crippen LogP contribution in [0, 0.1) is 5.92 Å². The molecule has 9 heteroatoms. The molecule has 2 amide bonds. The summed E-state index contributed by atoms with van der Waals surface area (Å²) in [6.45, 7) is 19.4. The van der Waals surface area contributed by atoms with Crippen LogP contribution < -0.4 is 21.8 Å². The first-order valence-corrected chi connectivity index (χ1v) is 14.0. The minimum absolute atomic E-state index is 0.0632. The van der Waals surface area contributed by atoms with E-state index in [4.69, 9.17) is 5.73 Å². The second-order valence-electron chi connectivity index (χ2n) is 7.92. The summed E-state index contributed by atoms with van der Waals surface area (Å²) in [5.41, 5.74) is 12.4. The standard InChI is InChI=1S/C20H28N6O3.4C2H6/c1-12-9-25(10-22-19(28)14-3-4-14)20(29)18-7-17(24-26(12)18)15-5-2-13(8-21)6-16(15)23-11-27;4*1-2/h2,5-7,11-12,14,17,20,24,29H,3-4,8-10,21H2,1H3,(H,22,28)(H,23,27);4*1-2H3. The predicted octanol–water partition coefficient (Wildman–Crippen LogP) is 4.07. The van der Waals surface area contributed by atoms with E-state index in [0.717, 1.165) is 29.7 Å². The maximum atomic E-state index is 12.0. The van der Waals surface area contributed by atoms with E-state index in [1.54, 1.807) is 0 Å². The second-order valence-corrected chi connectivity index (χ2v) is 7.92. The summed E-state index contributed by atoms with van der Waals surface area (Å²) in [6, 6.07) is 5.63. The fourth-order valence-electron chi connectivity index (χ4n) is 3.98. The minimum atomic E-state index is -0.825. The van der Waals surface area contributed by atoms with Gasteiger partial charge in [-0.05, 0) is 43.0 Å². The van der Waals surface area contributed by atoms with Crippen molar-refractivity contribution >= 4 is 18.0 Å². The number of fused-ring (bicyclic) bond motifs is 1. The van der Waals surface area contributed by atoms with E-state index >= 15 is 0 Å². The molecular formula is C28H52N6O3. The molecule has 1 saturated heterocycles. The summed E-state index contributed by atoms with van der Waals surface area (Å²) in [4.78, 5) is 24.9. The Labute approximate surface area is 224 Å². The van der Waals surface area contributed by atoms with Gasteiger partial charge >= 0.3 is 0 Å². The topological polar surface area (TPSA) is 123 Å². The maximum Gasteiger partial charge on any atom is 0.224 e. The van der Waals surface area contributed by atoms with E-state index in [9.17, 15) is 14.7 Å². The average molecular weight is 521 g/mol. The molecule has 2 aliphatic heterocycles. The number of rotatable bonds is 7. The third kappa shape index (κ3) is 9.41. The number of amides is 2. The highest BCUT2D eigenvalue weighted by atomic mass is 16.3. The lowest BCUT2D eigenvalue weighted by atomic mass is 10.0. The van der Waals surface area contributed by atoms with Crippen LogP contribution in [0.5, 0.6) is 0 Å². The Balaban J connectivity index is 0.00000148. The Kier molecular flexibility index (Phi) is 17.5. The van der Waals surface area contributed by atoms with E-state index in [2.05, 4.69) is 23.0 Å². The highest BCUT2D eigenvalue weighted by Crippen LogP contribution is 2.35. The predicted molar refractivity (Wildman–Crippen MR) is 153 cm³/mol. The lowest BCUT2D eigenvalue weighted by molar-refractivity contribution is -0.124. The number of hydrogen-bond acceptors (Lipinski definition) is 7. The van der Waals surface area contributed by atoms with Crippen LogP contribution in [-0.2, 0) is 16.1 Å². The number of carbonyl (C=O) groups excluding carboxylic acids is 2. The number of carbonyl (C=O) groups is 2. The molecule has 2 heterocycles. The van der Waals surface area contributed by atoms with E-state index in [0.29, 0.717) is 31.9 Å². The summed E-state index contributed by atoms with van der Waals surface area (Å²) in [6.07, 6.45) is 3.69. The maximum absolute atomic E-state index is 12.0. The van der Waals surface area contributed by atoms with Gasteiger partial charge in [0.25, 0.3) is 0 Å². The van der Waals surface area contributed by atoms with Gasteiger partial charge in [0.2, 0.25) is 12.3 Å². The highest BCUT2D eigenvalue weighted by Gasteiger charge is 2.40. The van der Waals surface area contributed by atoms with Gasteiger partial charge in [-0.2, -0.15) is 0 Å². The van der Waals surface area contributed by atoms with Crippen molar-refractivity contribution in [2.24, 2.45) is 11.7 Å². The van der Waals surface area contributed by atoms with Crippen molar-refractivity contribution in [3.05, 3.63) is 41.1 Å². The summed E-state index contributed by atoms with van der Waals surface area (Å²) in [7, 11) is 0. The van der Waals surface area contributed by atoms with Crippen LogP contribution in [0.25, 0.3) is 0 Å². The minimum Gasteiger partial charge on any atom is -0.372 e. The number of anilines is 1. The molecular weight excluding hydrogens is 468 g/mol. The van der Waals surface area contributed by atoms with Gasteiger partial charge in [-0.3, -0.25) is 14.5 Å². The molecule has 1 aromatic carbocycles. The molecule has 0 bridgehead atoms. The van der Waals surface area contributed by atoms with Crippen LogP contribution in [0.4, 0.5) is 5.69 Å². The van der Waals surface area contributed by atoms with Crippen molar-refractivity contribution < 1.29 is 14.7 Å². The Morgan fingerprint density at radius 3 is 2.30 bits per heavy atom. The molecule has 1 saturated carbocycles. The largest absolute Gasteiger partial charge is 0.372 e. The first kappa shape index (κ1) is 34.5. The van der Waals surface area contributed by atoms with Gasteiger partial charge in [0.15, 0.2) is 6.23 Å². The molecule has 0 aromatic heterocycles. The van der Waals surface area contributed by atoms with Gasteiger partial charge in [0, 0.05) is 24.7 Å². The number of piperazine rings is 1. The van der Waals surface area contributed by atoms with Crippen molar-refractivity contribution in [2.45, 2.75) is 100 Å². The summed E-state index contributed by atoms with van der Waals surface area (Å²) < 4.78 is 0. The van der Waals surface area contributed by atoms with Gasteiger partial charge in [-0.15, -0.1) is 0 Å². The number of nitrogens with one attached hydrogen (secondary N) is 3. The van der Waals surface area contributed by atoms with Crippen LogP contribution in [0.1, 0.15) is 92.3 Å². The van der Waals surface area contributed by atoms with Crippen molar-refractivity contribution in [3.8, 4) is 0 Å². The molecule has 9 nitrogen and oxygen atoms in total. The number of hydrogen-bond donors (Lipinski definition) is 5. The summed E-state index contributed by atoms with van der Waals surface area (Å²) in [5, 5.41) is 18.5. The molecule has 6 N–H and O–H groups in total. The monoisotopic (exact) mass is 520 g/mol. The molecule has 0 radical (unpaired) electrons. The van der Waals surface area contributed by atoms with Crippen LogP contribution >= 0.6 is 0 Å². The van der Waals surface area contributed by atoms with Crippen LogP contribution in [0.3, 0.4) is 0 Å². The molecule has 3 aliphatic rings. The fourth-order valence-corrected chi connectivity index (χ4v) is 3.98. The van der Waals surface area contributed by atoms with Gasteiger partial charge in [-0.1, -0.05) is 67.5 Å². The lowest BCUT2D eigenvalue weighted by Crippen LogP contribution is -2.59. The molecule has 1 aromatic rings. The third-order valence-electron chi connectivity index (χ3n) is 5.75. The van der Waals surface area contributed by atoms with Crippen LogP contribution in [0.15, 0.2) is 30.0 Å². The molecule has 0 spiro atoms. The van der Waals surface area contributed by atoms with Gasteiger partial charge < -0.3 is 26.5 Å². The van der Waals surface area contributed by atoms with Crippen LogP contribution in [0.2, 0.25) is 0 Å². The second kappa shape index (κ2) is 18.7. The van der Waals surface area contributed by atoms with Crippen molar-refractivity contribution in [2.75, 3.05) is 18.5 Å². The quantitative estimate of drug-likeness (QED) is 0.343. The van der Waals surface area contributed by atoms with Crippen molar-refractivity contribution in [3.63, 3.8) is 0 Å². The van der Waals surface area contributed by atoms with E-state index in [1.165, 1.54) is 0 Å². The third-order valence-corrected chi connectivity index (χ3v) is 5.75. The Bertz CT molecular complexity index is 828. The SMILES string of the molecule is CC.CC.CC.CC.CC1CN(CNC(=O)C2CC2)C(O)C2=CC(c3ccc(CN)cc3NC=O)NN21. The number of aliphatic hydroxyl groups excluding tert-OH is 1. The normalized spacial score (nSPS) is 21.5. The number of nitrogens with zero attached hydrogens (tertiary/aromatic N) is 2. The Morgan fingerprint density at radius 2 is 1.76 bits per heavy atom.